The van der Waals surface area contributed by atoms with Gasteiger partial charge in [-0.25, -0.2) is 14.8 Å². The summed E-state index contributed by atoms with van der Waals surface area (Å²) in [6.45, 7) is 3.71. The maximum atomic E-state index is 11.3. The quantitative estimate of drug-likeness (QED) is 0.655. The van der Waals surface area contributed by atoms with Crippen LogP contribution in [0, 0.1) is 13.8 Å². The molecule has 2 aromatic heterocycles. The monoisotopic (exact) mass is 205 g/mol. The molecule has 0 fully saturated rings. The van der Waals surface area contributed by atoms with E-state index in [0.29, 0.717) is 11.4 Å². The van der Waals surface area contributed by atoms with E-state index in [9.17, 15) is 4.79 Å². The largest absolute Gasteiger partial charge is 0.464 e. The van der Waals surface area contributed by atoms with E-state index in [1.807, 2.05) is 20.0 Å². The first-order valence-electron chi connectivity index (χ1n) is 4.53. The summed E-state index contributed by atoms with van der Waals surface area (Å²) in [5.74, 6) is -0.439. The third-order valence-corrected chi connectivity index (χ3v) is 2.12. The van der Waals surface area contributed by atoms with Gasteiger partial charge in [-0.15, -0.1) is 0 Å². The van der Waals surface area contributed by atoms with E-state index in [1.54, 1.807) is 10.6 Å². The molecule has 5 nitrogen and oxygen atoms in total. The highest BCUT2D eigenvalue weighted by molar-refractivity contribution is 5.87. The topological polar surface area (TPSA) is 56.5 Å². The number of ether oxygens (including phenoxy) is 1. The first-order valence-corrected chi connectivity index (χ1v) is 4.53. The number of hydrogen-bond acceptors (Lipinski definition) is 4. The molecule has 2 heterocycles. The van der Waals surface area contributed by atoms with Crippen LogP contribution in [0.4, 0.5) is 0 Å². The molecule has 0 saturated heterocycles. The van der Waals surface area contributed by atoms with Crippen LogP contribution in [0.25, 0.3) is 5.65 Å². The molecule has 0 atom stereocenters. The van der Waals surface area contributed by atoms with Gasteiger partial charge in [-0.1, -0.05) is 0 Å². The van der Waals surface area contributed by atoms with Crippen LogP contribution in [0.1, 0.15) is 21.9 Å². The van der Waals surface area contributed by atoms with Crippen LogP contribution in [-0.2, 0) is 4.74 Å². The molecule has 15 heavy (non-hydrogen) atoms. The minimum absolute atomic E-state index is 0.292. The van der Waals surface area contributed by atoms with Crippen molar-refractivity contribution in [2.75, 3.05) is 7.11 Å². The number of methoxy groups -OCH3 is 1. The van der Waals surface area contributed by atoms with Gasteiger partial charge < -0.3 is 9.14 Å². The molecule has 0 aliphatic heterocycles. The predicted molar refractivity (Wildman–Crippen MR) is 53.8 cm³/mol. The van der Waals surface area contributed by atoms with Crippen LogP contribution in [-0.4, -0.2) is 27.4 Å². The number of nitrogens with zero attached hydrogens (tertiary/aromatic N) is 3. The second-order valence-electron chi connectivity index (χ2n) is 3.32. The molecule has 2 aromatic rings. The number of fused-ring (bicyclic) bond motifs is 1. The van der Waals surface area contributed by atoms with E-state index < -0.39 is 5.97 Å². The standard InChI is InChI=1S/C10H11N3O2/c1-6-4-13-5-8(10(14)15-3)12-7(2)9(13)11-6/h4-5H,1-3H3. The van der Waals surface area contributed by atoms with Crippen LogP contribution in [0.2, 0.25) is 0 Å². The maximum Gasteiger partial charge on any atom is 0.358 e. The summed E-state index contributed by atoms with van der Waals surface area (Å²) in [5, 5.41) is 0. The average molecular weight is 205 g/mol. The van der Waals surface area contributed by atoms with Crippen molar-refractivity contribution < 1.29 is 9.53 Å². The molecule has 0 spiro atoms. The summed E-state index contributed by atoms with van der Waals surface area (Å²) in [6.07, 6.45) is 3.46. The van der Waals surface area contributed by atoms with Crippen molar-refractivity contribution in [1.82, 2.24) is 14.4 Å². The Morgan fingerprint density at radius 2 is 2.07 bits per heavy atom. The summed E-state index contributed by atoms with van der Waals surface area (Å²) in [5.41, 5.74) is 2.66. The van der Waals surface area contributed by atoms with Gasteiger partial charge in [0.05, 0.1) is 18.5 Å². The van der Waals surface area contributed by atoms with Crippen LogP contribution in [0.15, 0.2) is 12.4 Å². The number of carbonyl (C=O) groups is 1. The Balaban J connectivity index is 2.66. The fraction of sp³-hybridized carbons (Fsp3) is 0.300. The molecule has 0 aliphatic carbocycles. The van der Waals surface area contributed by atoms with Crippen LogP contribution >= 0.6 is 0 Å². The summed E-state index contributed by atoms with van der Waals surface area (Å²) < 4.78 is 6.39. The first kappa shape index (κ1) is 9.64. The smallest absolute Gasteiger partial charge is 0.358 e. The minimum Gasteiger partial charge on any atom is -0.464 e. The SMILES string of the molecule is COC(=O)c1cn2cc(C)nc2c(C)n1. The van der Waals surface area contributed by atoms with Crippen molar-refractivity contribution in [3.8, 4) is 0 Å². The lowest BCUT2D eigenvalue weighted by molar-refractivity contribution is 0.0593. The molecule has 0 aromatic carbocycles. The third-order valence-electron chi connectivity index (χ3n) is 2.12. The van der Waals surface area contributed by atoms with Gasteiger partial charge in [0, 0.05) is 12.4 Å². The number of hydrogen-bond donors (Lipinski definition) is 0. The van der Waals surface area contributed by atoms with Crippen LogP contribution < -0.4 is 0 Å². The fourth-order valence-electron chi connectivity index (χ4n) is 1.48. The Morgan fingerprint density at radius 3 is 2.73 bits per heavy atom. The molecular formula is C10H11N3O2. The van der Waals surface area contributed by atoms with E-state index >= 15 is 0 Å². The summed E-state index contributed by atoms with van der Waals surface area (Å²) in [4.78, 5) is 19.7. The van der Waals surface area contributed by atoms with Gasteiger partial charge in [-0.2, -0.15) is 0 Å². The molecule has 5 heteroatoms. The van der Waals surface area contributed by atoms with Crippen molar-refractivity contribution >= 4 is 11.6 Å². The van der Waals surface area contributed by atoms with Crippen molar-refractivity contribution in [3.63, 3.8) is 0 Å². The number of rotatable bonds is 1. The lowest BCUT2D eigenvalue weighted by Crippen LogP contribution is -2.07. The number of esters is 1. The molecule has 0 bridgehead atoms. The third kappa shape index (κ3) is 1.56. The van der Waals surface area contributed by atoms with E-state index in [1.165, 1.54) is 7.11 Å². The average Bonchev–Trinajstić information content (AvgIpc) is 2.58. The van der Waals surface area contributed by atoms with Gasteiger partial charge in [-0.3, -0.25) is 0 Å². The van der Waals surface area contributed by atoms with Crippen molar-refractivity contribution in [1.29, 1.82) is 0 Å². The molecule has 0 N–H and O–H groups in total. The van der Waals surface area contributed by atoms with E-state index in [4.69, 9.17) is 0 Å². The van der Waals surface area contributed by atoms with Crippen molar-refractivity contribution in [3.05, 3.63) is 29.5 Å². The van der Waals surface area contributed by atoms with Gasteiger partial charge in [0.15, 0.2) is 11.3 Å². The van der Waals surface area contributed by atoms with Crippen LogP contribution in [0.5, 0.6) is 0 Å². The molecule has 0 radical (unpaired) electrons. The number of aryl methyl sites for hydroxylation is 2. The van der Waals surface area contributed by atoms with E-state index in [-0.39, 0.29) is 0 Å². The van der Waals surface area contributed by atoms with Crippen molar-refractivity contribution in [2.24, 2.45) is 0 Å². The van der Waals surface area contributed by atoms with E-state index in [2.05, 4.69) is 14.7 Å². The summed E-state index contributed by atoms with van der Waals surface area (Å²) in [7, 11) is 1.34. The summed E-state index contributed by atoms with van der Waals surface area (Å²) in [6, 6.07) is 0. The van der Waals surface area contributed by atoms with Gasteiger partial charge in [0.25, 0.3) is 0 Å². The highest BCUT2D eigenvalue weighted by Crippen LogP contribution is 2.09. The summed E-state index contributed by atoms with van der Waals surface area (Å²) >= 11 is 0. The Hall–Kier alpha value is -1.91. The second kappa shape index (κ2) is 3.34. The van der Waals surface area contributed by atoms with E-state index in [0.717, 1.165) is 11.3 Å². The highest BCUT2D eigenvalue weighted by atomic mass is 16.5. The van der Waals surface area contributed by atoms with Gasteiger partial charge in [0.1, 0.15) is 0 Å². The van der Waals surface area contributed by atoms with Crippen LogP contribution in [0.3, 0.4) is 0 Å². The molecule has 0 aliphatic rings. The number of aromatic nitrogens is 3. The molecule has 0 unspecified atom stereocenters. The normalized spacial score (nSPS) is 10.6. The van der Waals surface area contributed by atoms with Gasteiger partial charge in [0.2, 0.25) is 0 Å². The lowest BCUT2D eigenvalue weighted by Gasteiger charge is -2.01. The zero-order valence-corrected chi connectivity index (χ0v) is 8.81. The minimum atomic E-state index is -0.439. The molecular weight excluding hydrogens is 194 g/mol. The lowest BCUT2D eigenvalue weighted by atomic mass is 10.4. The maximum absolute atomic E-state index is 11.3. The molecule has 0 amide bonds. The number of carbonyl (C=O) groups excluding carboxylic acids is 1. The molecule has 0 saturated carbocycles. The zero-order valence-electron chi connectivity index (χ0n) is 8.81. The first-order chi connectivity index (χ1) is 7.11. The molecule has 2 rings (SSSR count). The Kier molecular flexibility index (Phi) is 2.15. The number of imidazole rings is 1. The molecule has 78 valence electrons. The Morgan fingerprint density at radius 1 is 1.33 bits per heavy atom. The van der Waals surface area contributed by atoms with Gasteiger partial charge >= 0.3 is 5.97 Å². The van der Waals surface area contributed by atoms with Crippen molar-refractivity contribution in [2.45, 2.75) is 13.8 Å². The zero-order chi connectivity index (χ0) is 11.0. The highest BCUT2D eigenvalue weighted by Gasteiger charge is 2.11. The fourth-order valence-corrected chi connectivity index (χ4v) is 1.48. The predicted octanol–water partition coefficient (Wildman–Crippen LogP) is 1.13. The Bertz CT molecular complexity index is 531. The Labute approximate surface area is 86.7 Å². The second-order valence-corrected chi connectivity index (χ2v) is 3.32. The van der Waals surface area contributed by atoms with Gasteiger partial charge in [-0.05, 0) is 13.8 Å².